The molecule has 4 N–H and O–H groups in total. The zero-order valence-electron chi connectivity index (χ0n) is 14.4. The van der Waals surface area contributed by atoms with Gasteiger partial charge < -0.3 is 10.6 Å². The summed E-state index contributed by atoms with van der Waals surface area (Å²) in [6, 6.07) is 7.75. The Hall–Kier alpha value is -3.55. The van der Waals surface area contributed by atoms with Crippen molar-refractivity contribution in [3.63, 3.8) is 0 Å². The van der Waals surface area contributed by atoms with Crippen LogP contribution in [0.4, 0.5) is 21.8 Å². The highest BCUT2D eigenvalue weighted by Gasteiger charge is 2.11. The highest BCUT2D eigenvalue weighted by molar-refractivity contribution is 7.89. The first kappa shape index (κ1) is 19.2. The minimum absolute atomic E-state index is 0.0521. The molecule has 1 aromatic heterocycles. The number of hydrogen-bond acceptors (Lipinski definition) is 7. The molecule has 142 valence electrons. The first-order chi connectivity index (χ1) is 13.3. The van der Waals surface area contributed by atoms with Gasteiger partial charge in [0.2, 0.25) is 16.0 Å². The molecule has 8 nitrogen and oxygen atoms in total. The predicted octanol–water partition coefficient (Wildman–Crippen LogP) is 2.71. The van der Waals surface area contributed by atoms with Gasteiger partial charge in [-0.3, -0.25) is 0 Å². The Balaban J connectivity index is 1.79. The van der Waals surface area contributed by atoms with Crippen molar-refractivity contribution >= 4 is 27.5 Å². The van der Waals surface area contributed by atoms with Crippen LogP contribution in [0.25, 0.3) is 0 Å². The quantitative estimate of drug-likeness (QED) is 0.659. The van der Waals surface area contributed by atoms with Crippen molar-refractivity contribution in [3.8, 4) is 6.07 Å². The van der Waals surface area contributed by atoms with Crippen LogP contribution in [-0.2, 0) is 10.0 Å². The van der Waals surface area contributed by atoms with Gasteiger partial charge in [0.25, 0.3) is 0 Å². The van der Waals surface area contributed by atoms with Gasteiger partial charge in [-0.25, -0.2) is 22.9 Å². The third kappa shape index (κ3) is 4.79. The van der Waals surface area contributed by atoms with E-state index in [0.29, 0.717) is 17.8 Å². The van der Waals surface area contributed by atoms with E-state index in [9.17, 15) is 12.8 Å². The summed E-state index contributed by atoms with van der Waals surface area (Å²) >= 11 is 0. The van der Waals surface area contributed by atoms with Crippen LogP contribution in [0.15, 0.2) is 70.9 Å². The number of anilines is 3. The molecular weight excluding hydrogens is 383 g/mol. The van der Waals surface area contributed by atoms with Gasteiger partial charge in [0.15, 0.2) is 11.6 Å². The van der Waals surface area contributed by atoms with Gasteiger partial charge in [-0.05, 0) is 36.3 Å². The molecule has 10 heteroatoms. The second-order valence-corrected chi connectivity index (χ2v) is 7.32. The average Bonchev–Trinajstić information content (AvgIpc) is 2.66. The van der Waals surface area contributed by atoms with Crippen LogP contribution in [-0.4, -0.2) is 18.4 Å². The molecule has 0 radical (unpaired) electrons. The highest BCUT2D eigenvalue weighted by atomic mass is 32.2. The second kappa shape index (κ2) is 7.99. The van der Waals surface area contributed by atoms with Crippen molar-refractivity contribution in [3.05, 3.63) is 71.9 Å². The third-order valence-electron chi connectivity index (χ3n) is 3.71. The number of nitrogens with zero attached hydrogens (tertiary/aromatic N) is 3. The maximum absolute atomic E-state index is 14.1. The summed E-state index contributed by atoms with van der Waals surface area (Å²) in [6.45, 7) is 0. The molecule has 0 spiro atoms. The summed E-state index contributed by atoms with van der Waals surface area (Å²) in [5.41, 5.74) is 1.84. The van der Waals surface area contributed by atoms with Crippen LogP contribution in [0.5, 0.6) is 0 Å². The van der Waals surface area contributed by atoms with E-state index < -0.39 is 15.8 Å². The Bertz CT molecular complexity index is 1150. The van der Waals surface area contributed by atoms with Crippen LogP contribution in [0.1, 0.15) is 6.42 Å². The van der Waals surface area contributed by atoms with Crippen LogP contribution < -0.4 is 15.8 Å². The Labute approximate surface area is 161 Å². The first-order valence-corrected chi connectivity index (χ1v) is 9.56. The number of sulfonamides is 1. The fourth-order valence-electron chi connectivity index (χ4n) is 2.38. The van der Waals surface area contributed by atoms with Gasteiger partial charge in [-0.15, -0.1) is 0 Å². The summed E-state index contributed by atoms with van der Waals surface area (Å²) in [7, 11) is -3.85. The van der Waals surface area contributed by atoms with Crippen LogP contribution in [0, 0.1) is 17.1 Å². The fraction of sp³-hybridized carbons (Fsp3) is 0.0556. The van der Waals surface area contributed by atoms with Gasteiger partial charge in [-0.2, -0.15) is 10.2 Å². The fourth-order valence-corrected chi connectivity index (χ4v) is 2.93. The number of benzene rings is 1. The summed E-state index contributed by atoms with van der Waals surface area (Å²) in [6.07, 6.45) is 8.22. The second-order valence-electron chi connectivity index (χ2n) is 5.76. The number of allylic oxidation sites excluding steroid dienone is 5. The molecule has 0 amide bonds. The first-order valence-electron chi connectivity index (χ1n) is 8.01. The molecular formula is C18H15FN6O2S. The minimum Gasteiger partial charge on any atom is -0.338 e. The number of aromatic nitrogens is 2. The molecule has 0 aliphatic heterocycles. The lowest BCUT2D eigenvalue weighted by Gasteiger charge is -2.13. The van der Waals surface area contributed by atoms with Crippen LogP contribution in [0.2, 0.25) is 0 Å². The van der Waals surface area contributed by atoms with Crippen molar-refractivity contribution in [1.29, 1.82) is 5.26 Å². The standard InChI is InChI=1S/C18H15FN6O2S/c19-16-11-22-18(24-14-2-1-3-15(10-14)28(21,26)27)25-17(16)23-13-6-4-12(5-7-13)8-9-20/h1-4,6-8,10-11H,5H2,(H2,21,26,27)(H2,22,23,24,25). The molecule has 1 heterocycles. The van der Waals surface area contributed by atoms with E-state index in [1.165, 1.54) is 24.3 Å². The van der Waals surface area contributed by atoms with Gasteiger partial charge in [0.1, 0.15) is 0 Å². The molecule has 1 aliphatic carbocycles. The monoisotopic (exact) mass is 398 g/mol. The van der Waals surface area contributed by atoms with Gasteiger partial charge in [-0.1, -0.05) is 18.2 Å². The third-order valence-corrected chi connectivity index (χ3v) is 4.62. The molecule has 0 atom stereocenters. The van der Waals surface area contributed by atoms with Crippen molar-refractivity contribution in [2.24, 2.45) is 5.14 Å². The molecule has 0 bridgehead atoms. The molecule has 0 fully saturated rings. The maximum atomic E-state index is 14.1. The van der Waals surface area contributed by atoms with Crippen molar-refractivity contribution < 1.29 is 12.8 Å². The van der Waals surface area contributed by atoms with E-state index in [4.69, 9.17) is 10.4 Å². The van der Waals surface area contributed by atoms with Crippen molar-refractivity contribution in [2.75, 3.05) is 10.6 Å². The van der Waals surface area contributed by atoms with Crippen molar-refractivity contribution in [2.45, 2.75) is 11.3 Å². The van der Waals surface area contributed by atoms with E-state index in [1.54, 1.807) is 24.3 Å². The van der Waals surface area contributed by atoms with E-state index in [2.05, 4.69) is 20.6 Å². The predicted molar refractivity (Wildman–Crippen MR) is 102 cm³/mol. The van der Waals surface area contributed by atoms with E-state index in [0.717, 1.165) is 11.8 Å². The summed E-state index contributed by atoms with van der Waals surface area (Å²) in [4.78, 5) is 7.86. The number of hydrogen-bond donors (Lipinski definition) is 3. The molecule has 0 saturated carbocycles. The minimum atomic E-state index is -3.85. The molecule has 1 aliphatic rings. The number of primary sulfonamides is 1. The number of nitrogens with two attached hydrogens (primary N) is 1. The van der Waals surface area contributed by atoms with E-state index in [1.807, 2.05) is 6.07 Å². The zero-order valence-corrected chi connectivity index (χ0v) is 15.2. The number of nitrogens with one attached hydrogen (secondary N) is 2. The Kier molecular flexibility index (Phi) is 5.49. The average molecular weight is 398 g/mol. The molecule has 0 unspecified atom stereocenters. The Morgan fingerprint density at radius 1 is 1.29 bits per heavy atom. The summed E-state index contributed by atoms with van der Waals surface area (Å²) in [5, 5.41) is 19.4. The molecule has 1 aromatic carbocycles. The van der Waals surface area contributed by atoms with E-state index >= 15 is 0 Å². The number of halogens is 1. The normalized spacial score (nSPS) is 15.0. The topological polar surface area (TPSA) is 134 Å². The number of rotatable bonds is 5. The Morgan fingerprint density at radius 2 is 2.11 bits per heavy atom. The SMILES string of the molecule is N#CC=C1C=CC(Nc2nc(Nc3cccc(S(N)(=O)=O)c3)ncc2F)=CC1. The molecule has 2 aromatic rings. The molecule has 28 heavy (non-hydrogen) atoms. The number of nitriles is 1. The van der Waals surface area contributed by atoms with Crippen LogP contribution >= 0.6 is 0 Å². The molecule has 3 rings (SSSR count). The van der Waals surface area contributed by atoms with Gasteiger partial charge >= 0.3 is 0 Å². The zero-order chi connectivity index (χ0) is 20.1. The summed E-state index contributed by atoms with van der Waals surface area (Å²) in [5.74, 6) is -0.638. The molecule has 0 saturated heterocycles. The smallest absolute Gasteiger partial charge is 0.238 e. The van der Waals surface area contributed by atoms with Crippen molar-refractivity contribution in [1.82, 2.24) is 9.97 Å². The van der Waals surface area contributed by atoms with E-state index in [-0.39, 0.29) is 16.7 Å². The lowest BCUT2D eigenvalue weighted by atomic mass is 10.1. The van der Waals surface area contributed by atoms with Gasteiger partial charge in [0, 0.05) is 17.5 Å². The largest absolute Gasteiger partial charge is 0.338 e. The lowest BCUT2D eigenvalue weighted by Crippen LogP contribution is -2.12. The lowest BCUT2D eigenvalue weighted by molar-refractivity contribution is 0.598. The van der Waals surface area contributed by atoms with Crippen LogP contribution in [0.3, 0.4) is 0 Å². The Morgan fingerprint density at radius 3 is 2.79 bits per heavy atom. The summed E-state index contributed by atoms with van der Waals surface area (Å²) < 4.78 is 37.0. The highest BCUT2D eigenvalue weighted by Crippen LogP contribution is 2.22. The van der Waals surface area contributed by atoms with Gasteiger partial charge in [0.05, 0.1) is 17.2 Å². The maximum Gasteiger partial charge on any atom is 0.238 e.